The van der Waals surface area contributed by atoms with Gasteiger partial charge in [-0.2, -0.15) is 0 Å². The number of halogens is 1. The maximum atomic E-state index is 13.3. The summed E-state index contributed by atoms with van der Waals surface area (Å²) < 4.78 is 15.2. The number of carboxylic acids is 1. The van der Waals surface area contributed by atoms with E-state index in [1.54, 1.807) is 18.2 Å². The summed E-state index contributed by atoms with van der Waals surface area (Å²) in [6.07, 6.45) is 1.41. The van der Waals surface area contributed by atoms with Crippen molar-refractivity contribution in [1.29, 1.82) is 0 Å². The average Bonchev–Trinajstić information content (AvgIpc) is 2.96. The third kappa shape index (κ3) is 4.49. The van der Waals surface area contributed by atoms with Crippen molar-refractivity contribution < 1.29 is 19.1 Å². The van der Waals surface area contributed by atoms with E-state index in [0.29, 0.717) is 25.8 Å². The number of imidazole rings is 1. The summed E-state index contributed by atoms with van der Waals surface area (Å²) >= 11 is 0. The van der Waals surface area contributed by atoms with Gasteiger partial charge in [-0.05, 0) is 42.3 Å². The molecule has 6 nitrogen and oxygen atoms in total. The molecule has 2 N–H and O–H groups in total. The zero-order valence-corrected chi connectivity index (χ0v) is 14.9. The number of carbonyl (C=O) groups excluding carboxylic acids is 1. The number of nitrogens with one attached hydrogen (secondary N) is 1. The molecule has 0 aliphatic rings. The molecular formula is C20H20FN3O3. The van der Waals surface area contributed by atoms with E-state index in [-0.39, 0.29) is 17.3 Å². The molecule has 27 heavy (non-hydrogen) atoms. The van der Waals surface area contributed by atoms with Gasteiger partial charge in [-0.25, -0.2) is 14.2 Å². The molecule has 0 atom stereocenters. The average molecular weight is 369 g/mol. The molecule has 3 rings (SSSR count). The van der Waals surface area contributed by atoms with Crippen molar-refractivity contribution in [3.8, 4) is 0 Å². The van der Waals surface area contributed by atoms with E-state index in [9.17, 15) is 14.0 Å². The second-order valence-corrected chi connectivity index (χ2v) is 6.32. The second kappa shape index (κ2) is 7.99. The van der Waals surface area contributed by atoms with Gasteiger partial charge in [0.25, 0.3) is 0 Å². The molecule has 2 aromatic carbocycles. The van der Waals surface area contributed by atoms with Crippen LogP contribution in [0.4, 0.5) is 4.39 Å². The zero-order chi connectivity index (χ0) is 19.4. The zero-order valence-electron chi connectivity index (χ0n) is 14.9. The highest BCUT2D eigenvalue weighted by molar-refractivity contribution is 5.87. The van der Waals surface area contributed by atoms with Crippen molar-refractivity contribution in [3.05, 3.63) is 65.2 Å². The van der Waals surface area contributed by atoms with Gasteiger partial charge in [-0.1, -0.05) is 12.1 Å². The molecule has 0 aliphatic carbocycles. The molecule has 1 aromatic heterocycles. The summed E-state index contributed by atoms with van der Waals surface area (Å²) in [7, 11) is 1.83. The molecule has 0 aliphatic heterocycles. The van der Waals surface area contributed by atoms with Gasteiger partial charge in [0.1, 0.15) is 11.6 Å². The molecule has 0 bridgehead atoms. The Morgan fingerprint density at radius 3 is 2.59 bits per heavy atom. The van der Waals surface area contributed by atoms with Gasteiger partial charge in [-0.3, -0.25) is 4.79 Å². The number of hydrogen-bond donors (Lipinski definition) is 2. The van der Waals surface area contributed by atoms with E-state index in [1.807, 2.05) is 11.6 Å². The number of aromatic carboxylic acids is 1. The van der Waals surface area contributed by atoms with Gasteiger partial charge in [0.15, 0.2) is 0 Å². The fraction of sp³-hybridized carbons (Fsp3) is 0.250. The van der Waals surface area contributed by atoms with Crippen LogP contribution in [0.25, 0.3) is 11.0 Å². The van der Waals surface area contributed by atoms with Gasteiger partial charge in [-0.15, -0.1) is 0 Å². The van der Waals surface area contributed by atoms with E-state index in [2.05, 4.69) is 10.3 Å². The molecule has 0 radical (unpaired) electrons. The van der Waals surface area contributed by atoms with Crippen LogP contribution in [0.1, 0.15) is 28.2 Å². The van der Waals surface area contributed by atoms with E-state index >= 15 is 0 Å². The molecule has 140 valence electrons. The Bertz CT molecular complexity index is 980. The lowest BCUT2D eigenvalue weighted by atomic mass is 10.1. The summed E-state index contributed by atoms with van der Waals surface area (Å²) in [5.74, 6) is -0.576. The lowest BCUT2D eigenvalue weighted by Crippen LogP contribution is -2.26. The molecule has 0 spiro atoms. The van der Waals surface area contributed by atoms with E-state index in [0.717, 1.165) is 22.4 Å². The summed E-state index contributed by atoms with van der Waals surface area (Å²) in [5.41, 5.74) is 2.59. The van der Waals surface area contributed by atoms with Crippen LogP contribution in [0, 0.1) is 5.82 Å². The van der Waals surface area contributed by atoms with Gasteiger partial charge < -0.3 is 15.0 Å². The molecule has 3 aromatic rings. The predicted octanol–water partition coefficient (Wildman–Crippen LogP) is 2.70. The maximum Gasteiger partial charge on any atom is 0.335 e. The fourth-order valence-corrected chi connectivity index (χ4v) is 2.91. The number of rotatable bonds is 7. The number of fused-ring (bicyclic) bond motifs is 1. The molecule has 1 heterocycles. The van der Waals surface area contributed by atoms with Crippen LogP contribution in [-0.4, -0.2) is 33.1 Å². The first-order chi connectivity index (χ1) is 12.9. The first kappa shape index (κ1) is 18.6. The second-order valence-electron chi connectivity index (χ2n) is 6.32. The summed E-state index contributed by atoms with van der Waals surface area (Å²) in [6, 6.07) is 11.0. The minimum absolute atomic E-state index is 0.0814. The van der Waals surface area contributed by atoms with Crippen LogP contribution in [0.5, 0.6) is 0 Å². The van der Waals surface area contributed by atoms with Crippen molar-refractivity contribution in [1.82, 2.24) is 14.9 Å². The van der Waals surface area contributed by atoms with E-state index in [4.69, 9.17) is 5.11 Å². The highest BCUT2D eigenvalue weighted by atomic mass is 19.1. The normalized spacial score (nSPS) is 10.9. The predicted molar refractivity (Wildman–Crippen MR) is 99.1 cm³/mol. The largest absolute Gasteiger partial charge is 0.478 e. The van der Waals surface area contributed by atoms with Crippen molar-refractivity contribution >= 4 is 22.9 Å². The standard InChI is InChI=1S/C20H20FN3O3/c1-24-17-12-15(21)7-8-16(17)23-18(24)10-11-22-19(25)9-4-13-2-5-14(6-3-13)20(26)27/h2-3,5-8,12H,4,9-11H2,1H3,(H,22,25)(H,26,27). The van der Waals surface area contributed by atoms with Crippen LogP contribution in [0.2, 0.25) is 0 Å². The van der Waals surface area contributed by atoms with Crippen molar-refractivity contribution in [2.45, 2.75) is 19.3 Å². The van der Waals surface area contributed by atoms with Crippen LogP contribution in [0.3, 0.4) is 0 Å². The first-order valence-electron chi connectivity index (χ1n) is 8.64. The molecule has 0 saturated carbocycles. The van der Waals surface area contributed by atoms with Crippen LogP contribution < -0.4 is 5.32 Å². The molecule has 0 fully saturated rings. The maximum absolute atomic E-state index is 13.3. The number of aromatic nitrogens is 2. The monoisotopic (exact) mass is 369 g/mol. The summed E-state index contributed by atoms with van der Waals surface area (Å²) in [4.78, 5) is 27.3. The summed E-state index contributed by atoms with van der Waals surface area (Å²) in [6.45, 7) is 0.441. The topological polar surface area (TPSA) is 84.2 Å². The highest BCUT2D eigenvalue weighted by Crippen LogP contribution is 2.16. The van der Waals surface area contributed by atoms with Crippen LogP contribution >= 0.6 is 0 Å². The van der Waals surface area contributed by atoms with Gasteiger partial charge in [0, 0.05) is 26.4 Å². The molecular weight excluding hydrogens is 349 g/mol. The minimum atomic E-state index is -0.969. The Morgan fingerprint density at radius 1 is 1.15 bits per heavy atom. The number of amides is 1. The smallest absolute Gasteiger partial charge is 0.335 e. The lowest BCUT2D eigenvalue weighted by molar-refractivity contribution is -0.121. The van der Waals surface area contributed by atoms with E-state index < -0.39 is 5.97 Å². The number of carbonyl (C=O) groups is 2. The van der Waals surface area contributed by atoms with Crippen molar-refractivity contribution in [2.24, 2.45) is 7.05 Å². The quantitative estimate of drug-likeness (QED) is 0.671. The Labute approximate surface area is 155 Å². The summed E-state index contributed by atoms with van der Waals surface area (Å²) in [5, 5.41) is 11.7. The van der Waals surface area contributed by atoms with E-state index in [1.165, 1.54) is 24.3 Å². The van der Waals surface area contributed by atoms with Gasteiger partial charge in [0.2, 0.25) is 5.91 Å². The Morgan fingerprint density at radius 2 is 1.89 bits per heavy atom. The Balaban J connectivity index is 1.48. The highest BCUT2D eigenvalue weighted by Gasteiger charge is 2.09. The van der Waals surface area contributed by atoms with Gasteiger partial charge >= 0.3 is 5.97 Å². The number of nitrogens with zero attached hydrogens (tertiary/aromatic N) is 2. The van der Waals surface area contributed by atoms with Crippen molar-refractivity contribution in [3.63, 3.8) is 0 Å². The molecule has 0 unspecified atom stereocenters. The van der Waals surface area contributed by atoms with Crippen molar-refractivity contribution in [2.75, 3.05) is 6.54 Å². The minimum Gasteiger partial charge on any atom is -0.478 e. The molecule has 0 saturated heterocycles. The van der Waals surface area contributed by atoms with Gasteiger partial charge in [0.05, 0.1) is 16.6 Å². The van der Waals surface area contributed by atoms with Crippen LogP contribution in [0.15, 0.2) is 42.5 Å². The molecule has 1 amide bonds. The lowest BCUT2D eigenvalue weighted by Gasteiger charge is -2.06. The third-order valence-electron chi connectivity index (χ3n) is 4.45. The first-order valence-corrected chi connectivity index (χ1v) is 8.64. The SMILES string of the molecule is Cn1c(CCNC(=O)CCc2ccc(C(=O)O)cc2)nc2ccc(F)cc21. The fourth-order valence-electron chi connectivity index (χ4n) is 2.91. The number of aryl methyl sites for hydroxylation is 2. The van der Waals surface area contributed by atoms with Crippen LogP contribution in [-0.2, 0) is 24.7 Å². The number of benzene rings is 2. The number of hydrogen-bond acceptors (Lipinski definition) is 3. The molecule has 7 heteroatoms. The number of carboxylic acid groups (broad SMARTS) is 1. The third-order valence-corrected chi connectivity index (χ3v) is 4.45. The Kier molecular flexibility index (Phi) is 5.49. The Hall–Kier alpha value is -3.22.